The zero-order chi connectivity index (χ0) is 15.5. The first kappa shape index (κ1) is 17.4. The molecule has 116 valence electrons. The maximum absolute atomic E-state index is 5.98. The first-order chi connectivity index (χ1) is 10.1. The van der Waals surface area contributed by atoms with Crippen LogP contribution in [0.15, 0.2) is 18.2 Å². The Hall–Kier alpha value is 0.0600. The minimum Gasteiger partial charge on any atom is -0.327 e. The highest BCUT2D eigenvalue weighted by Gasteiger charge is 2.27. The van der Waals surface area contributed by atoms with Crippen LogP contribution in [0.2, 0.25) is 0 Å². The van der Waals surface area contributed by atoms with Gasteiger partial charge < -0.3 is 4.57 Å². The van der Waals surface area contributed by atoms with E-state index in [1.807, 2.05) is 11.8 Å². The maximum Gasteiger partial charge on any atom is 0.111 e. The van der Waals surface area contributed by atoms with Crippen molar-refractivity contribution in [1.29, 1.82) is 0 Å². The standard InChI is InChI=1S/C16H22ClIN2S/c1-4-16(5-2,21-3)11-20-14-7-6-12(18)10-13(14)19-15(20)8-9-17/h6-7,10H,4-5,8-9,11H2,1-3H3. The number of aromatic nitrogens is 2. The van der Waals surface area contributed by atoms with Gasteiger partial charge in [0.25, 0.3) is 0 Å². The first-order valence-electron chi connectivity index (χ1n) is 7.35. The molecule has 0 aliphatic carbocycles. The lowest BCUT2D eigenvalue weighted by atomic mass is 10.0. The summed E-state index contributed by atoms with van der Waals surface area (Å²) in [7, 11) is 0. The molecule has 0 aliphatic heterocycles. The highest BCUT2D eigenvalue weighted by Crippen LogP contribution is 2.34. The molecular weight excluding hydrogens is 415 g/mol. The number of nitrogens with zero attached hydrogens (tertiary/aromatic N) is 2. The molecule has 1 heterocycles. The summed E-state index contributed by atoms with van der Waals surface area (Å²) in [4.78, 5) is 4.81. The van der Waals surface area contributed by atoms with Gasteiger partial charge in [0, 0.05) is 27.2 Å². The average Bonchev–Trinajstić information content (AvgIpc) is 2.82. The van der Waals surface area contributed by atoms with Crippen LogP contribution in [-0.2, 0) is 13.0 Å². The zero-order valence-corrected chi connectivity index (χ0v) is 16.6. The lowest BCUT2D eigenvalue weighted by Gasteiger charge is -2.31. The Bertz CT molecular complexity index is 599. The summed E-state index contributed by atoms with van der Waals surface area (Å²) in [6.45, 7) is 5.57. The molecule has 0 aliphatic rings. The fourth-order valence-electron chi connectivity index (χ4n) is 2.72. The molecule has 0 spiro atoms. The normalized spacial score (nSPS) is 12.2. The van der Waals surface area contributed by atoms with Crippen LogP contribution in [0.25, 0.3) is 11.0 Å². The number of halogens is 2. The van der Waals surface area contributed by atoms with Crippen molar-refractivity contribution in [3.8, 4) is 0 Å². The van der Waals surface area contributed by atoms with Crippen molar-refractivity contribution in [2.24, 2.45) is 0 Å². The Kier molecular flexibility index (Phi) is 6.26. The van der Waals surface area contributed by atoms with Crippen LogP contribution in [-0.4, -0.2) is 26.4 Å². The molecule has 0 saturated carbocycles. The second-order valence-corrected chi connectivity index (χ2v) is 8.18. The molecule has 2 aromatic rings. The number of thioether (sulfide) groups is 1. The third kappa shape index (κ3) is 3.70. The Labute approximate surface area is 150 Å². The largest absolute Gasteiger partial charge is 0.327 e. The number of fused-ring (bicyclic) bond motifs is 1. The van der Waals surface area contributed by atoms with Crippen molar-refractivity contribution in [2.45, 2.75) is 44.4 Å². The van der Waals surface area contributed by atoms with Gasteiger partial charge in [0.1, 0.15) is 5.82 Å². The van der Waals surface area contributed by atoms with Gasteiger partial charge in [-0.15, -0.1) is 11.6 Å². The van der Waals surface area contributed by atoms with E-state index in [1.165, 1.54) is 9.09 Å². The van der Waals surface area contributed by atoms with E-state index in [0.717, 1.165) is 37.1 Å². The van der Waals surface area contributed by atoms with Gasteiger partial charge in [-0.3, -0.25) is 0 Å². The molecule has 0 radical (unpaired) electrons. The summed E-state index contributed by atoms with van der Waals surface area (Å²) in [5, 5.41) is 0. The van der Waals surface area contributed by atoms with Gasteiger partial charge in [-0.25, -0.2) is 4.98 Å². The van der Waals surface area contributed by atoms with E-state index >= 15 is 0 Å². The summed E-state index contributed by atoms with van der Waals surface area (Å²) < 4.78 is 3.89. The summed E-state index contributed by atoms with van der Waals surface area (Å²) in [5.41, 5.74) is 2.32. The van der Waals surface area contributed by atoms with Crippen molar-refractivity contribution in [3.05, 3.63) is 27.6 Å². The molecule has 0 amide bonds. The smallest absolute Gasteiger partial charge is 0.111 e. The number of aryl methyl sites for hydroxylation is 1. The SMILES string of the molecule is CCC(CC)(Cn1c(CCCl)nc2cc(I)ccc21)SC. The summed E-state index contributed by atoms with van der Waals surface area (Å²) in [6, 6.07) is 6.51. The van der Waals surface area contributed by atoms with E-state index in [9.17, 15) is 0 Å². The molecule has 1 aromatic carbocycles. The van der Waals surface area contributed by atoms with Crippen LogP contribution >= 0.6 is 46.0 Å². The highest BCUT2D eigenvalue weighted by molar-refractivity contribution is 14.1. The topological polar surface area (TPSA) is 17.8 Å². The average molecular weight is 437 g/mol. The molecule has 5 heteroatoms. The van der Waals surface area contributed by atoms with Crippen LogP contribution < -0.4 is 0 Å². The predicted molar refractivity (Wildman–Crippen MR) is 104 cm³/mol. The maximum atomic E-state index is 5.98. The number of alkyl halides is 1. The van der Waals surface area contributed by atoms with Crippen molar-refractivity contribution in [3.63, 3.8) is 0 Å². The predicted octanol–water partition coefficient (Wildman–Crippen LogP) is 5.34. The first-order valence-corrected chi connectivity index (χ1v) is 10.2. The Balaban J connectivity index is 2.52. The number of rotatable bonds is 7. The van der Waals surface area contributed by atoms with Crippen molar-refractivity contribution >= 4 is 57.0 Å². The van der Waals surface area contributed by atoms with Gasteiger partial charge in [0.15, 0.2) is 0 Å². The van der Waals surface area contributed by atoms with E-state index < -0.39 is 0 Å². The van der Waals surface area contributed by atoms with E-state index in [0.29, 0.717) is 5.88 Å². The fourth-order valence-corrected chi connectivity index (χ4v) is 4.20. The monoisotopic (exact) mass is 436 g/mol. The van der Waals surface area contributed by atoms with E-state index in [1.54, 1.807) is 0 Å². The molecule has 1 aromatic heterocycles. The van der Waals surface area contributed by atoms with Crippen LogP contribution in [0.5, 0.6) is 0 Å². The molecular formula is C16H22ClIN2S. The summed E-state index contributed by atoms with van der Waals surface area (Å²) in [5.74, 6) is 1.73. The lowest BCUT2D eigenvalue weighted by molar-refractivity contribution is 0.464. The van der Waals surface area contributed by atoms with Crippen LogP contribution in [0, 0.1) is 3.57 Å². The number of benzene rings is 1. The van der Waals surface area contributed by atoms with Gasteiger partial charge in [0.2, 0.25) is 0 Å². The Morgan fingerprint density at radius 3 is 2.62 bits per heavy atom. The minimum atomic E-state index is 0.275. The fraction of sp³-hybridized carbons (Fsp3) is 0.562. The van der Waals surface area contributed by atoms with Gasteiger partial charge in [-0.2, -0.15) is 11.8 Å². The van der Waals surface area contributed by atoms with Gasteiger partial charge in [-0.05, 0) is 59.9 Å². The van der Waals surface area contributed by atoms with Crippen LogP contribution in [0.4, 0.5) is 0 Å². The van der Waals surface area contributed by atoms with Gasteiger partial charge in [-0.1, -0.05) is 13.8 Å². The van der Waals surface area contributed by atoms with Gasteiger partial charge in [0.05, 0.1) is 11.0 Å². The molecule has 0 saturated heterocycles. The number of imidazole rings is 1. The molecule has 0 fully saturated rings. The molecule has 2 rings (SSSR count). The molecule has 0 atom stereocenters. The summed E-state index contributed by atoms with van der Waals surface area (Å²) >= 11 is 10.3. The number of hydrogen-bond donors (Lipinski definition) is 0. The molecule has 2 nitrogen and oxygen atoms in total. The molecule has 0 bridgehead atoms. The molecule has 0 N–H and O–H groups in total. The van der Waals surface area contributed by atoms with Crippen molar-refractivity contribution in [1.82, 2.24) is 9.55 Å². The molecule has 0 unspecified atom stereocenters. The minimum absolute atomic E-state index is 0.275. The van der Waals surface area contributed by atoms with E-state index in [-0.39, 0.29) is 4.75 Å². The lowest BCUT2D eigenvalue weighted by Crippen LogP contribution is -2.29. The van der Waals surface area contributed by atoms with E-state index in [2.05, 4.69) is 65.5 Å². The van der Waals surface area contributed by atoms with Crippen LogP contribution in [0.1, 0.15) is 32.5 Å². The second kappa shape index (κ2) is 7.55. The highest BCUT2D eigenvalue weighted by atomic mass is 127. The third-order valence-electron chi connectivity index (χ3n) is 4.28. The number of hydrogen-bond acceptors (Lipinski definition) is 2. The van der Waals surface area contributed by atoms with Crippen molar-refractivity contribution in [2.75, 3.05) is 12.1 Å². The van der Waals surface area contributed by atoms with Crippen LogP contribution in [0.3, 0.4) is 0 Å². The second-order valence-electron chi connectivity index (χ2n) is 5.28. The van der Waals surface area contributed by atoms with E-state index in [4.69, 9.17) is 16.6 Å². The van der Waals surface area contributed by atoms with Gasteiger partial charge >= 0.3 is 0 Å². The quantitative estimate of drug-likeness (QED) is 0.430. The Morgan fingerprint density at radius 1 is 1.33 bits per heavy atom. The third-order valence-corrected chi connectivity index (χ3v) is 6.71. The Morgan fingerprint density at radius 2 is 2.05 bits per heavy atom. The molecule has 21 heavy (non-hydrogen) atoms. The zero-order valence-electron chi connectivity index (χ0n) is 12.8. The summed E-state index contributed by atoms with van der Waals surface area (Å²) in [6.07, 6.45) is 5.37. The van der Waals surface area contributed by atoms with Crippen molar-refractivity contribution < 1.29 is 0 Å².